The summed E-state index contributed by atoms with van der Waals surface area (Å²) in [4.78, 5) is 11.2. The Balaban J connectivity index is -0.000000993. The van der Waals surface area contributed by atoms with Crippen LogP contribution in [0.15, 0.2) is 72.8 Å². The minimum atomic E-state index is -0.181. The predicted octanol–water partition coefficient (Wildman–Crippen LogP) is -1.86. The summed E-state index contributed by atoms with van der Waals surface area (Å²) < 4.78 is 16.7. The van der Waals surface area contributed by atoms with Gasteiger partial charge in [0.2, 0.25) is 0 Å². The first-order valence-corrected chi connectivity index (χ1v) is 20.1. The van der Waals surface area contributed by atoms with Gasteiger partial charge < -0.3 is 71.7 Å². The van der Waals surface area contributed by atoms with E-state index in [9.17, 15) is 20.4 Å². The molecule has 9 N–H and O–H groups in total. The van der Waals surface area contributed by atoms with E-state index in [1.165, 1.54) is 17.7 Å². The first-order valence-electron chi connectivity index (χ1n) is 19.6. The summed E-state index contributed by atoms with van der Waals surface area (Å²) in [5.74, 6) is 1.88. The number of ether oxygens (including phenoxy) is 3. The minimum Gasteiger partial charge on any atom is -1.00 e. The van der Waals surface area contributed by atoms with Gasteiger partial charge >= 0.3 is 103 Å². The third-order valence-electron chi connectivity index (χ3n) is 8.35. The van der Waals surface area contributed by atoms with Gasteiger partial charge in [-0.25, -0.2) is 0 Å². The van der Waals surface area contributed by atoms with Crippen molar-refractivity contribution in [1.82, 2.24) is 0 Å². The van der Waals surface area contributed by atoms with Gasteiger partial charge in [-0.1, -0.05) is 30.3 Å². The molecule has 15 nitrogen and oxygen atoms in total. The average Bonchev–Trinajstić information content (AvgIpc) is 3.27. The molecule has 0 aliphatic carbocycles. The van der Waals surface area contributed by atoms with Crippen molar-refractivity contribution in [1.29, 1.82) is 0 Å². The number of hydrogen-bond donors (Lipinski definition) is 9. The maximum absolute atomic E-state index is 9.39. The van der Waals surface area contributed by atoms with Crippen LogP contribution in [0.4, 0.5) is 0 Å². The van der Waals surface area contributed by atoms with Crippen LogP contribution in [0, 0.1) is 0 Å². The molecule has 0 aromatic heterocycles. The zero-order valence-electron chi connectivity index (χ0n) is 36.8. The van der Waals surface area contributed by atoms with Crippen molar-refractivity contribution in [3.63, 3.8) is 0 Å². The minimum absolute atomic E-state index is 0. The molecule has 4 aromatic carbocycles. The van der Waals surface area contributed by atoms with Gasteiger partial charge in [-0.05, 0) is 134 Å². The van der Waals surface area contributed by atoms with Crippen molar-refractivity contribution < 1.29 is 179 Å². The Morgan fingerprint density at radius 3 is 1.24 bits per heavy atom. The third-order valence-corrected chi connectivity index (χ3v) is 8.52. The molecule has 62 heavy (non-hydrogen) atoms. The maximum atomic E-state index is 9.39. The molecular formula is C44H61ClK2O15. The van der Waals surface area contributed by atoms with Crippen LogP contribution in [0.2, 0.25) is 0 Å². The summed E-state index contributed by atoms with van der Waals surface area (Å²) in [6, 6.07) is 21.6. The van der Waals surface area contributed by atoms with Crippen molar-refractivity contribution in [3.05, 3.63) is 101 Å². The van der Waals surface area contributed by atoms with Crippen LogP contribution in [-0.2, 0) is 41.8 Å². The molecule has 18 heteroatoms. The van der Waals surface area contributed by atoms with E-state index in [1.54, 1.807) is 24.3 Å². The molecule has 0 atom stereocenters. The summed E-state index contributed by atoms with van der Waals surface area (Å²) in [5.41, 5.74) is 5.39. The first-order chi connectivity index (χ1) is 29.1. The number of aliphatic hydroxyl groups is 5. The Morgan fingerprint density at radius 2 is 0.855 bits per heavy atom. The second-order valence-electron chi connectivity index (χ2n) is 12.9. The fourth-order valence-corrected chi connectivity index (χ4v) is 5.57. The molecule has 0 spiro atoms. The molecular weight excluding hydrogens is 882 g/mol. The summed E-state index contributed by atoms with van der Waals surface area (Å²) in [7, 11) is 0. The molecule has 0 fully saturated rings. The number of aliphatic hydroxyl groups excluding tert-OH is 5. The first kappa shape index (κ1) is 62.4. The molecule has 0 bridgehead atoms. The van der Waals surface area contributed by atoms with E-state index >= 15 is 0 Å². The maximum Gasteiger partial charge on any atom is 1.00 e. The zero-order chi connectivity index (χ0) is 44.4. The van der Waals surface area contributed by atoms with E-state index in [1.807, 2.05) is 24.3 Å². The monoisotopic (exact) mass is 942 g/mol. The fourth-order valence-electron chi connectivity index (χ4n) is 5.57. The smallest absolute Gasteiger partial charge is 1.00 e. The number of aryl methyl sites for hydroxylation is 5. The van der Waals surface area contributed by atoms with Crippen molar-refractivity contribution >= 4 is 18.1 Å². The average molecular weight is 944 g/mol. The Bertz CT molecular complexity index is 1620. The topological polar surface area (TPSA) is 259 Å². The fraction of sp³-hybridized carbons (Fsp3) is 0.432. The quantitative estimate of drug-likeness (QED) is 0.00710. The van der Waals surface area contributed by atoms with Crippen molar-refractivity contribution in [2.75, 3.05) is 58.7 Å². The number of benzene rings is 4. The standard InChI is InChI=1S/C25H36O7.C16H18O4.C2H5ClO.CH2O3.2K.H/c26-11-3-6-22-18-20(7-9-23(22)30-15-12-27)4-1-2-5-21-8-10-24(31-16-13-28)25(19-21)32-17-14-29;17-13-7-5-11(9-15(13)19)3-1-2-4-12-6-8-14(18)16(20)10-12;3-1-2-4;2-1-4-3;;;/h7-10,18-19,26-29H,1-6,11-17H2;5-10,17-20H,1-4H2;4H,1-2H2;1,3H;;;/q;;;;2*+1;-1/p-1. The van der Waals surface area contributed by atoms with Crippen LogP contribution in [0.3, 0.4) is 0 Å². The number of unbranched alkanes of at least 4 members (excludes halogenated alkanes) is 2. The van der Waals surface area contributed by atoms with E-state index in [-0.39, 0.29) is 187 Å². The van der Waals surface area contributed by atoms with Gasteiger partial charge in [0.15, 0.2) is 34.5 Å². The molecule has 4 rings (SSSR count). The number of alkyl halides is 1. The van der Waals surface area contributed by atoms with Gasteiger partial charge in [-0.3, -0.25) is 4.79 Å². The van der Waals surface area contributed by atoms with E-state index < -0.39 is 0 Å². The second kappa shape index (κ2) is 40.8. The van der Waals surface area contributed by atoms with E-state index in [0.29, 0.717) is 23.8 Å². The van der Waals surface area contributed by atoms with Gasteiger partial charge in [0, 0.05) is 12.5 Å². The Hall–Kier alpha value is -1.73. The largest absolute Gasteiger partial charge is 1.00 e. The SMILES string of the molecule is O=CO[O-].OCCCc1cc(CCCCc2ccc(OCCO)c(OCCO)c2)ccc1OCCO.OCCCl.Oc1ccc(CCCCc2ccc(O)c(O)c2)cc1O.[H-].[K+].[K+]. The molecule has 0 aliphatic rings. The molecule has 0 amide bonds. The molecule has 336 valence electrons. The van der Waals surface area contributed by atoms with E-state index in [4.69, 9.17) is 61.4 Å². The summed E-state index contributed by atoms with van der Waals surface area (Å²) in [6.07, 6.45) is 8.79. The summed E-state index contributed by atoms with van der Waals surface area (Å²) in [6.45, 7) is 0.514. The third kappa shape index (κ3) is 28.2. The van der Waals surface area contributed by atoms with Crippen LogP contribution in [-0.4, -0.2) is 111 Å². The predicted molar refractivity (Wildman–Crippen MR) is 225 cm³/mol. The molecule has 0 radical (unpaired) electrons. The van der Waals surface area contributed by atoms with Gasteiger partial charge in [0.25, 0.3) is 6.47 Å². The van der Waals surface area contributed by atoms with Gasteiger partial charge in [-0.15, -0.1) is 11.6 Å². The molecule has 0 aliphatic heterocycles. The van der Waals surface area contributed by atoms with Crippen LogP contribution >= 0.6 is 11.6 Å². The molecule has 0 saturated heterocycles. The van der Waals surface area contributed by atoms with Crippen molar-refractivity contribution in [2.24, 2.45) is 0 Å². The van der Waals surface area contributed by atoms with Gasteiger partial charge in [-0.2, -0.15) is 0 Å². The van der Waals surface area contributed by atoms with E-state index in [0.717, 1.165) is 85.8 Å². The zero-order valence-corrected chi connectivity index (χ0v) is 42.8. The van der Waals surface area contributed by atoms with Crippen LogP contribution in [0.25, 0.3) is 0 Å². The van der Waals surface area contributed by atoms with Crippen LogP contribution in [0.1, 0.15) is 61.3 Å². The number of aromatic hydroxyl groups is 4. The van der Waals surface area contributed by atoms with E-state index in [2.05, 4.69) is 17.0 Å². The van der Waals surface area contributed by atoms with Crippen LogP contribution < -0.4 is 122 Å². The Kier molecular flexibility index (Phi) is 41.0. The number of halogens is 1. The number of rotatable bonds is 24. The summed E-state index contributed by atoms with van der Waals surface area (Å²) in [5, 5.41) is 89.5. The number of carbonyl (C=O) groups is 1. The van der Waals surface area contributed by atoms with Gasteiger partial charge in [0.1, 0.15) is 25.6 Å². The van der Waals surface area contributed by atoms with Gasteiger partial charge in [0.05, 0.1) is 26.4 Å². The molecule has 0 unspecified atom stereocenters. The number of carbonyl (C=O) groups excluding carboxylic acids is 1. The normalized spacial score (nSPS) is 9.85. The Morgan fingerprint density at radius 1 is 0.484 bits per heavy atom. The molecule has 0 saturated carbocycles. The summed E-state index contributed by atoms with van der Waals surface area (Å²) >= 11 is 4.94. The molecule has 0 heterocycles. The van der Waals surface area contributed by atoms with Crippen molar-refractivity contribution in [2.45, 2.75) is 64.2 Å². The number of hydrogen-bond acceptors (Lipinski definition) is 15. The number of phenolic OH excluding ortho intramolecular Hbond substituents is 4. The second-order valence-corrected chi connectivity index (χ2v) is 13.3. The van der Waals surface area contributed by atoms with Crippen molar-refractivity contribution in [3.8, 4) is 40.2 Å². The molecule has 4 aromatic rings. The number of phenols is 4. The Labute approximate surface area is 455 Å². The van der Waals surface area contributed by atoms with Crippen LogP contribution in [0.5, 0.6) is 40.2 Å².